The average Bonchev–Trinajstić information content (AvgIpc) is 3.37. The fourth-order valence-electron chi connectivity index (χ4n) is 4.05. The Kier molecular flexibility index (Phi) is 5.82. The second-order valence-corrected chi connectivity index (χ2v) is 9.31. The lowest BCUT2D eigenvalue weighted by molar-refractivity contribution is 0.0737. The first-order valence-electron chi connectivity index (χ1n) is 11.5. The molecular weight excluding hydrogens is 464 g/mol. The van der Waals surface area contributed by atoms with Crippen molar-refractivity contribution >= 4 is 50.2 Å². The maximum atomic E-state index is 12.8. The molecule has 0 spiro atoms. The summed E-state index contributed by atoms with van der Waals surface area (Å²) in [6.07, 6.45) is 1.80. The highest BCUT2D eigenvalue weighted by Gasteiger charge is 2.12. The van der Waals surface area contributed by atoms with Crippen LogP contribution in [0.4, 0.5) is 5.69 Å². The molecule has 5 heteroatoms. The molecule has 0 aliphatic rings. The quantitative estimate of drug-likeness (QED) is 0.141. The van der Waals surface area contributed by atoms with Crippen LogP contribution in [0.1, 0.15) is 15.9 Å². The molecule has 0 N–H and O–H groups in total. The maximum Gasteiger partial charge on any atom is 0.344 e. The molecule has 0 aliphatic carbocycles. The molecule has 4 nitrogen and oxygen atoms in total. The highest BCUT2D eigenvalue weighted by molar-refractivity contribution is 7.21. The minimum atomic E-state index is -0.375. The van der Waals surface area contributed by atoms with Crippen molar-refractivity contribution in [3.8, 4) is 16.3 Å². The van der Waals surface area contributed by atoms with Crippen LogP contribution in [0.5, 0.6) is 5.75 Å². The van der Waals surface area contributed by atoms with E-state index in [1.807, 2.05) is 84.9 Å². The van der Waals surface area contributed by atoms with Gasteiger partial charge in [-0.1, -0.05) is 60.7 Å². The molecule has 0 saturated carbocycles. The lowest BCUT2D eigenvalue weighted by Crippen LogP contribution is -2.09. The molecule has 6 aromatic rings. The van der Waals surface area contributed by atoms with Crippen LogP contribution in [0, 0.1) is 0 Å². The van der Waals surface area contributed by atoms with Gasteiger partial charge in [0.25, 0.3) is 0 Å². The molecule has 5 aromatic carbocycles. The smallest absolute Gasteiger partial charge is 0.344 e. The third-order valence-electron chi connectivity index (χ3n) is 5.85. The van der Waals surface area contributed by atoms with E-state index < -0.39 is 0 Å². The number of carbonyl (C=O) groups is 1. The van der Waals surface area contributed by atoms with E-state index in [9.17, 15) is 4.79 Å². The number of aromatic nitrogens is 1. The first-order valence-corrected chi connectivity index (χ1v) is 12.3. The van der Waals surface area contributed by atoms with E-state index in [-0.39, 0.29) is 5.97 Å². The number of thiazole rings is 1. The van der Waals surface area contributed by atoms with Crippen LogP contribution in [0.15, 0.2) is 120 Å². The molecule has 1 heterocycles. The third-order valence-corrected chi connectivity index (χ3v) is 6.94. The van der Waals surface area contributed by atoms with Crippen molar-refractivity contribution in [1.29, 1.82) is 0 Å². The van der Waals surface area contributed by atoms with Gasteiger partial charge in [0.1, 0.15) is 10.8 Å². The first-order chi connectivity index (χ1) is 17.7. The number of para-hydroxylation sites is 1. The van der Waals surface area contributed by atoms with Gasteiger partial charge >= 0.3 is 5.97 Å². The van der Waals surface area contributed by atoms with Crippen LogP contribution in [0.3, 0.4) is 0 Å². The summed E-state index contributed by atoms with van der Waals surface area (Å²) in [7, 11) is 0. The normalized spacial score (nSPS) is 11.3. The van der Waals surface area contributed by atoms with E-state index in [2.05, 4.69) is 17.1 Å². The molecule has 0 radical (unpaired) electrons. The zero-order chi connectivity index (χ0) is 24.3. The van der Waals surface area contributed by atoms with Gasteiger partial charge in [-0.2, -0.15) is 0 Å². The molecular formula is C31H20N2O2S. The SMILES string of the molecule is O=C(Oc1ccc(C=Nc2cccc(-c3nc4ccccc4s3)c2)cc1)c1cccc2ccccc12. The maximum absolute atomic E-state index is 12.8. The van der Waals surface area contributed by atoms with Gasteiger partial charge < -0.3 is 4.74 Å². The van der Waals surface area contributed by atoms with Crippen LogP contribution < -0.4 is 4.74 Å². The summed E-state index contributed by atoms with van der Waals surface area (Å²) in [6.45, 7) is 0. The number of hydrogen-bond acceptors (Lipinski definition) is 5. The minimum absolute atomic E-state index is 0.375. The molecule has 0 fully saturated rings. The van der Waals surface area contributed by atoms with Crippen LogP contribution >= 0.6 is 11.3 Å². The van der Waals surface area contributed by atoms with Gasteiger partial charge in [-0.05, 0) is 70.9 Å². The molecule has 0 bridgehead atoms. The van der Waals surface area contributed by atoms with Gasteiger partial charge in [0.15, 0.2) is 0 Å². The largest absolute Gasteiger partial charge is 0.423 e. The zero-order valence-electron chi connectivity index (χ0n) is 19.2. The summed E-state index contributed by atoms with van der Waals surface area (Å²) >= 11 is 1.67. The standard InChI is InChI=1S/C31H20N2O2S/c34-31(27-12-6-8-22-7-1-2-11-26(22)27)35-25-17-15-21(16-18-25)20-32-24-10-5-9-23(19-24)30-33-28-13-3-4-14-29(28)36-30/h1-20H. The number of aliphatic imine (C=N–C) groups is 1. The van der Waals surface area contributed by atoms with Crippen molar-refractivity contribution in [2.45, 2.75) is 0 Å². The lowest BCUT2D eigenvalue weighted by atomic mass is 10.0. The molecule has 36 heavy (non-hydrogen) atoms. The second-order valence-electron chi connectivity index (χ2n) is 8.28. The summed E-state index contributed by atoms with van der Waals surface area (Å²) in [5, 5.41) is 2.86. The van der Waals surface area contributed by atoms with E-state index in [4.69, 9.17) is 9.72 Å². The fourth-order valence-corrected chi connectivity index (χ4v) is 5.01. The Labute approximate surface area is 212 Å². The van der Waals surface area contributed by atoms with Crippen molar-refractivity contribution in [3.05, 3.63) is 126 Å². The predicted octanol–water partition coefficient (Wildman–Crippen LogP) is 8.09. The summed E-state index contributed by atoms with van der Waals surface area (Å²) in [5.41, 5.74) is 4.35. The number of ether oxygens (including phenoxy) is 1. The van der Waals surface area contributed by atoms with Crippen LogP contribution in [-0.4, -0.2) is 17.2 Å². The number of fused-ring (bicyclic) bond motifs is 2. The fraction of sp³-hybridized carbons (Fsp3) is 0. The number of nitrogens with zero attached hydrogens (tertiary/aromatic N) is 2. The van der Waals surface area contributed by atoms with Gasteiger partial charge in [0, 0.05) is 11.8 Å². The van der Waals surface area contributed by atoms with Gasteiger partial charge in [-0.25, -0.2) is 9.78 Å². The minimum Gasteiger partial charge on any atom is -0.423 e. The average molecular weight is 485 g/mol. The van der Waals surface area contributed by atoms with Crippen molar-refractivity contribution in [1.82, 2.24) is 4.98 Å². The van der Waals surface area contributed by atoms with Gasteiger partial charge in [0.2, 0.25) is 0 Å². The Balaban J connectivity index is 1.17. The number of benzene rings is 5. The molecule has 6 rings (SSSR count). The van der Waals surface area contributed by atoms with Crippen LogP contribution in [-0.2, 0) is 0 Å². The van der Waals surface area contributed by atoms with E-state index in [1.54, 1.807) is 35.8 Å². The molecule has 0 amide bonds. The highest BCUT2D eigenvalue weighted by Crippen LogP contribution is 2.31. The molecule has 0 saturated heterocycles. The van der Waals surface area contributed by atoms with Crippen molar-refractivity contribution in [3.63, 3.8) is 0 Å². The Morgan fingerprint density at radius 3 is 2.47 bits per heavy atom. The Bertz CT molecular complexity index is 1700. The van der Waals surface area contributed by atoms with Crippen molar-refractivity contribution in [2.75, 3.05) is 0 Å². The number of carbonyl (C=O) groups excluding carboxylic acids is 1. The predicted molar refractivity (Wildman–Crippen MR) is 148 cm³/mol. The molecule has 1 aromatic heterocycles. The lowest BCUT2D eigenvalue weighted by Gasteiger charge is -2.07. The van der Waals surface area contributed by atoms with E-state index in [0.29, 0.717) is 11.3 Å². The van der Waals surface area contributed by atoms with Gasteiger partial charge in [-0.3, -0.25) is 4.99 Å². The highest BCUT2D eigenvalue weighted by atomic mass is 32.1. The topological polar surface area (TPSA) is 51.5 Å². The van der Waals surface area contributed by atoms with Gasteiger partial charge in [0.05, 0.1) is 21.5 Å². The third kappa shape index (κ3) is 4.52. The monoisotopic (exact) mass is 484 g/mol. The number of rotatable bonds is 5. The van der Waals surface area contributed by atoms with Crippen molar-refractivity contribution in [2.24, 2.45) is 4.99 Å². The Morgan fingerprint density at radius 1 is 0.806 bits per heavy atom. The van der Waals surface area contributed by atoms with E-state index >= 15 is 0 Å². The molecule has 172 valence electrons. The van der Waals surface area contributed by atoms with E-state index in [1.165, 1.54) is 4.70 Å². The summed E-state index contributed by atoms with van der Waals surface area (Å²) in [6, 6.07) is 36.9. The molecule has 0 atom stereocenters. The van der Waals surface area contributed by atoms with Crippen LogP contribution in [0.25, 0.3) is 31.6 Å². The second kappa shape index (κ2) is 9.56. The van der Waals surface area contributed by atoms with Gasteiger partial charge in [-0.15, -0.1) is 11.3 Å². The molecule has 0 unspecified atom stereocenters. The number of hydrogen-bond donors (Lipinski definition) is 0. The van der Waals surface area contributed by atoms with Crippen molar-refractivity contribution < 1.29 is 9.53 Å². The van der Waals surface area contributed by atoms with E-state index in [0.717, 1.165) is 38.1 Å². The first kappa shape index (κ1) is 21.9. The van der Waals surface area contributed by atoms with Crippen LogP contribution in [0.2, 0.25) is 0 Å². The molecule has 0 aliphatic heterocycles. The summed E-state index contributed by atoms with van der Waals surface area (Å²) in [5.74, 6) is 0.114. The Morgan fingerprint density at radius 2 is 1.58 bits per heavy atom. The summed E-state index contributed by atoms with van der Waals surface area (Å²) < 4.78 is 6.80. The summed E-state index contributed by atoms with van der Waals surface area (Å²) in [4.78, 5) is 22.1. The number of esters is 1. The Hall–Kier alpha value is -4.61. The zero-order valence-corrected chi connectivity index (χ0v) is 20.0.